The van der Waals surface area contributed by atoms with Gasteiger partial charge in [0, 0.05) is 25.0 Å². The Kier molecular flexibility index (Phi) is 3.13. The van der Waals surface area contributed by atoms with Gasteiger partial charge in [0.25, 0.3) is 0 Å². The summed E-state index contributed by atoms with van der Waals surface area (Å²) in [6.07, 6.45) is 3.48. The SMILES string of the molecule is OCC1COCCN1Cc1cnc[nH]1. The molecule has 5 heteroatoms. The highest BCUT2D eigenvalue weighted by Crippen LogP contribution is 2.09. The predicted octanol–water partition coefficient (Wildman–Crippen LogP) is -0.397. The number of hydrogen-bond acceptors (Lipinski definition) is 4. The minimum absolute atomic E-state index is 0.118. The van der Waals surface area contributed by atoms with Gasteiger partial charge < -0.3 is 14.8 Å². The normalized spacial score (nSPS) is 23.9. The fourth-order valence-corrected chi connectivity index (χ4v) is 1.66. The molecule has 0 amide bonds. The second-order valence-corrected chi connectivity index (χ2v) is 3.46. The van der Waals surface area contributed by atoms with Gasteiger partial charge in [0.05, 0.1) is 32.2 Å². The van der Waals surface area contributed by atoms with E-state index in [4.69, 9.17) is 9.84 Å². The average molecular weight is 197 g/mol. The van der Waals surface area contributed by atoms with Crippen molar-refractivity contribution in [3.63, 3.8) is 0 Å². The van der Waals surface area contributed by atoms with Crippen molar-refractivity contribution in [3.8, 4) is 0 Å². The van der Waals surface area contributed by atoms with E-state index in [1.54, 1.807) is 6.33 Å². The number of rotatable bonds is 3. The highest BCUT2D eigenvalue weighted by molar-refractivity contribution is 4.95. The van der Waals surface area contributed by atoms with Gasteiger partial charge in [0.1, 0.15) is 0 Å². The van der Waals surface area contributed by atoms with Crippen LogP contribution in [0.1, 0.15) is 5.69 Å². The second kappa shape index (κ2) is 4.54. The number of imidazole rings is 1. The van der Waals surface area contributed by atoms with Gasteiger partial charge in [0.2, 0.25) is 0 Å². The lowest BCUT2D eigenvalue weighted by Crippen LogP contribution is -2.46. The molecule has 14 heavy (non-hydrogen) atoms. The number of H-pyrrole nitrogens is 1. The van der Waals surface area contributed by atoms with Crippen molar-refractivity contribution in [3.05, 3.63) is 18.2 Å². The van der Waals surface area contributed by atoms with Crippen molar-refractivity contribution in [2.24, 2.45) is 0 Å². The van der Waals surface area contributed by atoms with Crippen molar-refractivity contribution in [1.29, 1.82) is 0 Å². The van der Waals surface area contributed by atoms with Gasteiger partial charge >= 0.3 is 0 Å². The van der Waals surface area contributed by atoms with Gasteiger partial charge in [-0.2, -0.15) is 0 Å². The molecule has 1 fully saturated rings. The van der Waals surface area contributed by atoms with Gasteiger partial charge in [-0.3, -0.25) is 4.90 Å². The van der Waals surface area contributed by atoms with Crippen molar-refractivity contribution < 1.29 is 9.84 Å². The molecule has 1 aromatic rings. The van der Waals surface area contributed by atoms with Gasteiger partial charge in [-0.15, -0.1) is 0 Å². The van der Waals surface area contributed by atoms with Crippen molar-refractivity contribution in [2.45, 2.75) is 12.6 Å². The molecule has 0 spiro atoms. The first-order chi connectivity index (χ1) is 6.90. The fraction of sp³-hybridized carbons (Fsp3) is 0.667. The van der Waals surface area contributed by atoms with Crippen LogP contribution in [0.25, 0.3) is 0 Å². The smallest absolute Gasteiger partial charge is 0.0922 e. The molecule has 2 heterocycles. The number of aromatic amines is 1. The summed E-state index contributed by atoms with van der Waals surface area (Å²) in [6.45, 7) is 3.17. The molecule has 2 rings (SSSR count). The van der Waals surface area contributed by atoms with Crippen LogP contribution >= 0.6 is 0 Å². The number of hydrogen-bond donors (Lipinski definition) is 2. The Hall–Kier alpha value is -0.910. The third-order valence-electron chi connectivity index (χ3n) is 2.49. The van der Waals surface area contributed by atoms with E-state index in [0.29, 0.717) is 6.61 Å². The molecule has 1 unspecified atom stereocenters. The zero-order valence-electron chi connectivity index (χ0n) is 8.02. The maximum atomic E-state index is 9.14. The maximum Gasteiger partial charge on any atom is 0.0922 e. The van der Waals surface area contributed by atoms with E-state index >= 15 is 0 Å². The van der Waals surface area contributed by atoms with E-state index in [0.717, 1.165) is 25.4 Å². The molecule has 1 aliphatic heterocycles. The van der Waals surface area contributed by atoms with E-state index in [9.17, 15) is 0 Å². The number of aliphatic hydroxyl groups is 1. The van der Waals surface area contributed by atoms with Crippen LogP contribution in [0.2, 0.25) is 0 Å². The van der Waals surface area contributed by atoms with Gasteiger partial charge in [-0.1, -0.05) is 0 Å². The third kappa shape index (κ3) is 2.12. The Balaban J connectivity index is 1.94. The first-order valence-electron chi connectivity index (χ1n) is 4.80. The van der Waals surface area contributed by atoms with Gasteiger partial charge in [0.15, 0.2) is 0 Å². The van der Waals surface area contributed by atoms with E-state index in [1.807, 2.05) is 6.20 Å². The molecule has 1 atom stereocenters. The first-order valence-corrected chi connectivity index (χ1v) is 4.80. The number of nitrogens with zero attached hydrogens (tertiary/aromatic N) is 2. The molecule has 0 aliphatic carbocycles. The number of ether oxygens (including phenoxy) is 1. The molecule has 0 radical (unpaired) electrons. The lowest BCUT2D eigenvalue weighted by molar-refractivity contribution is -0.0317. The predicted molar refractivity (Wildman–Crippen MR) is 50.7 cm³/mol. The molecular weight excluding hydrogens is 182 g/mol. The Labute approximate surface area is 82.7 Å². The van der Waals surface area contributed by atoms with Crippen LogP contribution in [0.3, 0.4) is 0 Å². The monoisotopic (exact) mass is 197 g/mol. The summed E-state index contributed by atoms with van der Waals surface area (Å²) in [5, 5.41) is 9.14. The number of aromatic nitrogens is 2. The third-order valence-corrected chi connectivity index (χ3v) is 2.49. The number of aliphatic hydroxyl groups excluding tert-OH is 1. The molecular formula is C9H15N3O2. The summed E-state index contributed by atoms with van der Waals surface area (Å²) < 4.78 is 5.29. The number of morpholine rings is 1. The standard InChI is InChI=1S/C9H15N3O2/c13-5-9-6-14-2-1-12(9)4-8-3-10-7-11-8/h3,7,9,13H,1-2,4-6H2,(H,10,11). The Morgan fingerprint density at radius 1 is 1.71 bits per heavy atom. The lowest BCUT2D eigenvalue weighted by atomic mass is 10.2. The van der Waals surface area contributed by atoms with Gasteiger partial charge in [-0.25, -0.2) is 4.98 Å². The van der Waals surface area contributed by atoms with Crippen molar-refractivity contribution in [2.75, 3.05) is 26.4 Å². The minimum Gasteiger partial charge on any atom is -0.395 e. The fourth-order valence-electron chi connectivity index (χ4n) is 1.66. The quantitative estimate of drug-likeness (QED) is 0.692. The topological polar surface area (TPSA) is 61.4 Å². The molecule has 0 aromatic carbocycles. The van der Waals surface area contributed by atoms with Crippen LogP contribution in [0.5, 0.6) is 0 Å². The molecule has 1 saturated heterocycles. The molecule has 5 nitrogen and oxygen atoms in total. The largest absolute Gasteiger partial charge is 0.395 e. The summed E-state index contributed by atoms with van der Waals surface area (Å²) >= 11 is 0. The molecule has 1 aliphatic rings. The Morgan fingerprint density at radius 2 is 2.64 bits per heavy atom. The van der Waals surface area contributed by atoms with Crippen LogP contribution < -0.4 is 0 Å². The zero-order valence-corrected chi connectivity index (χ0v) is 8.02. The van der Waals surface area contributed by atoms with Crippen molar-refractivity contribution >= 4 is 0 Å². The van der Waals surface area contributed by atoms with E-state index < -0.39 is 0 Å². The molecule has 78 valence electrons. The Bertz CT molecular complexity index is 263. The summed E-state index contributed by atoms with van der Waals surface area (Å²) in [4.78, 5) is 9.22. The summed E-state index contributed by atoms with van der Waals surface area (Å²) in [7, 11) is 0. The molecule has 0 bridgehead atoms. The molecule has 2 N–H and O–H groups in total. The second-order valence-electron chi connectivity index (χ2n) is 3.46. The van der Waals surface area contributed by atoms with E-state index in [-0.39, 0.29) is 12.6 Å². The maximum absolute atomic E-state index is 9.14. The minimum atomic E-state index is 0.118. The molecule has 1 aromatic heterocycles. The van der Waals surface area contributed by atoms with Crippen LogP contribution in [0, 0.1) is 0 Å². The van der Waals surface area contributed by atoms with E-state index in [2.05, 4.69) is 14.9 Å². The highest BCUT2D eigenvalue weighted by atomic mass is 16.5. The lowest BCUT2D eigenvalue weighted by Gasteiger charge is -2.33. The van der Waals surface area contributed by atoms with Crippen LogP contribution in [-0.4, -0.2) is 52.4 Å². The average Bonchev–Trinajstić information content (AvgIpc) is 2.71. The summed E-state index contributed by atoms with van der Waals surface area (Å²) in [5.74, 6) is 0. The highest BCUT2D eigenvalue weighted by Gasteiger charge is 2.22. The zero-order chi connectivity index (χ0) is 9.80. The van der Waals surface area contributed by atoms with Crippen LogP contribution in [-0.2, 0) is 11.3 Å². The Morgan fingerprint density at radius 3 is 3.36 bits per heavy atom. The first kappa shape index (κ1) is 9.64. The van der Waals surface area contributed by atoms with E-state index in [1.165, 1.54) is 0 Å². The van der Waals surface area contributed by atoms with Gasteiger partial charge in [-0.05, 0) is 0 Å². The van der Waals surface area contributed by atoms with Crippen LogP contribution in [0.4, 0.5) is 0 Å². The van der Waals surface area contributed by atoms with Crippen molar-refractivity contribution in [1.82, 2.24) is 14.9 Å². The summed E-state index contributed by atoms with van der Waals surface area (Å²) in [6, 6.07) is 0.118. The molecule has 0 saturated carbocycles. The number of nitrogens with one attached hydrogen (secondary N) is 1. The van der Waals surface area contributed by atoms with Crippen LogP contribution in [0.15, 0.2) is 12.5 Å². The summed E-state index contributed by atoms with van der Waals surface area (Å²) in [5.41, 5.74) is 1.07.